The number of alkyl halides is 2. The Morgan fingerprint density at radius 2 is 2.05 bits per heavy atom. The van der Waals surface area contributed by atoms with Gasteiger partial charge in [-0.3, -0.25) is 4.79 Å². The average molecular weight is 549 g/mol. The molecule has 0 bridgehead atoms. The number of aromatic nitrogens is 2. The van der Waals surface area contributed by atoms with Crippen LogP contribution in [-0.2, 0) is 10.2 Å². The van der Waals surface area contributed by atoms with E-state index >= 15 is 0 Å². The zero-order chi connectivity index (χ0) is 27.6. The van der Waals surface area contributed by atoms with Crippen molar-refractivity contribution >= 4 is 38.7 Å². The van der Waals surface area contributed by atoms with Crippen LogP contribution in [0, 0.1) is 10.8 Å². The Balaban J connectivity index is 0.00000186. The van der Waals surface area contributed by atoms with Gasteiger partial charge in [-0.1, -0.05) is 57.2 Å². The van der Waals surface area contributed by atoms with Crippen LogP contribution in [0.25, 0.3) is 17.0 Å². The van der Waals surface area contributed by atoms with Crippen LogP contribution in [0.2, 0.25) is 5.02 Å². The van der Waals surface area contributed by atoms with Crippen molar-refractivity contribution in [2.45, 2.75) is 51.8 Å². The van der Waals surface area contributed by atoms with Crippen molar-refractivity contribution in [1.82, 2.24) is 15.1 Å². The third-order valence-corrected chi connectivity index (χ3v) is 7.16. The number of hydrogen-bond donors (Lipinski definition) is 2. The summed E-state index contributed by atoms with van der Waals surface area (Å²) in [5.41, 5.74) is 1.89. The SMILES string of the molecule is C=C(CCC=N)n1nc(C2(C)C=CC=C3C(=O)NCC32C)cc1-c1cc(Cl)cc(OC(F)(F)P)c1.CC. The lowest BCUT2D eigenvalue weighted by Gasteiger charge is -2.42. The van der Waals surface area contributed by atoms with E-state index in [1.807, 2.05) is 52.0 Å². The fourth-order valence-corrected chi connectivity index (χ4v) is 5.02. The first-order valence-corrected chi connectivity index (χ1v) is 13.0. The Morgan fingerprint density at radius 1 is 1.35 bits per heavy atom. The molecule has 1 aliphatic carbocycles. The maximum absolute atomic E-state index is 13.5. The summed E-state index contributed by atoms with van der Waals surface area (Å²) >= 11 is 6.26. The van der Waals surface area contributed by atoms with Gasteiger partial charge in [0.1, 0.15) is 5.75 Å². The molecule has 2 N–H and O–H groups in total. The minimum Gasteiger partial charge on any atom is -0.430 e. The van der Waals surface area contributed by atoms with E-state index in [1.165, 1.54) is 27.6 Å². The number of halogens is 3. The number of benzene rings is 1. The van der Waals surface area contributed by atoms with E-state index in [2.05, 4.69) is 11.9 Å². The lowest BCUT2D eigenvalue weighted by atomic mass is 9.59. The quantitative estimate of drug-likeness (QED) is 0.280. The van der Waals surface area contributed by atoms with E-state index in [1.54, 1.807) is 10.7 Å². The van der Waals surface area contributed by atoms with Crippen molar-refractivity contribution in [2.75, 3.05) is 6.54 Å². The van der Waals surface area contributed by atoms with Crippen molar-refractivity contribution in [3.63, 3.8) is 0 Å². The summed E-state index contributed by atoms with van der Waals surface area (Å²) in [7, 11) is 1.34. The molecule has 0 saturated carbocycles. The molecule has 10 heteroatoms. The summed E-state index contributed by atoms with van der Waals surface area (Å²) in [5.74, 6) is -3.66. The van der Waals surface area contributed by atoms with Crippen molar-refractivity contribution in [2.24, 2.45) is 5.41 Å². The highest BCUT2D eigenvalue weighted by Gasteiger charge is 2.54. The molecular formula is C27H32ClF2N4O2P. The normalized spacial score (nSPS) is 22.4. The molecule has 1 aromatic heterocycles. The summed E-state index contributed by atoms with van der Waals surface area (Å²) < 4.78 is 33.4. The van der Waals surface area contributed by atoms with Crippen molar-refractivity contribution < 1.29 is 18.3 Å². The van der Waals surface area contributed by atoms with Gasteiger partial charge in [0.15, 0.2) is 0 Å². The van der Waals surface area contributed by atoms with Crippen LogP contribution in [-0.4, -0.2) is 34.3 Å². The van der Waals surface area contributed by atoms with Crippen LogP contribution < -0.4 is 10.1 Å². The molecule has 6 nitrogen and oxygen atoms in total. The third kappa shape index (κ3) is 5.55. The smallest absolute Gasteiger partial charge is 0.408 e. The molecule has 2 aromatic rings. The van der Waals surface area contributed by atoms with E-state index in [-0.39, 0.29) is 16.7 Å². The van der Waals surface area contributed by atoms with Crippen LogP contribution in [0.1, 0.15) is 46.2 Å². The van der Waals surface area contributed by atoms with Gasteiger partial charge in [-0.2, -0.15) is 13.9 Å². The fourth-order valence-electron chi connectivity index (χ4n) is 4.66. The molecule has 0 spiro atoms. The summed E-state index contributed by atoms with van der Waals surface area (Å²) in [6.45, 7) is 12.6. The maximum Gasteiger partial charge on any atom is 0.408 e. The Hall–Kier alpha value is -2.83. The van der Waals surface area contributed by atoms with Gasteiger partial charge < -0.3 is 15.5 Å². The molecule has 2 aliphatic rings. The molecule has 3 unspecified atom stereocenters. The van der Waals surface area contributed by atoms with Crippen molar-refractivity contribution in [3.05, 3.63) is 65.4 Å². The lowest BCUT2D eigenvalue weighted by Crippen LogP contribution is -2.44. The van der Waals surface area contributed by atoms with Crippen molar-refractivity contribution in [3.8, 4) is 17.0 Å². The first kappa shape index (κ1) is 28.7. The zero-order valence-corrected chi connectivity index (χ0v) is 23.3. The molecule has 4 rings (SSSR count). The molecule has 1 fully saturated rings. The van der Waals surface area contributed by atoms with Crippen LogP contribution >= 0.6 is 20.8 Å². The van der Waals surface area contributed by atoms with Gasteiger partial charge in [-0.15, -0.1) is 0 Å². The number of ether oxygens (including phenoxy) is 1. The highest BCUT2D eigenvalue weighted by molar-refractivity contribution is 7.17. The fraction of sp³-hybridized carbons (Fsp3) is 0.370. The second kappa shape index (κ2) is 10.9. The molecule has 0 radical (unpaired) electrons. The van der Waals surface area contributed by atoms with E-state index < -0.39 is 16.7 Å². The minimum absolute atomic E-state index is 0.0987. The third-order valence-electron chi connectivity index (χ3n) is 6.82. The van der Waals surface area contributed by atoms with E-state index in [0.717, 1.165) is 0 Å². The van der Waals surface area contributed by atoms with Gasteiger partial charge in [0.2, 0.25) is 5.91 Å². The number of carbonyl (C=O) groups excluding carboxylic acids is 1. The van der Waals surface area contributed by atoms with E-state index in [9.17, 15) is 13.6 Å². The topological polar surface area (TPSA) is 80.0 Å². The minimum atomic E-state index is -3.46. The molecule has 1 aliphatic heterocycles. The Labute approximate surface area is 223 Å². The molecule has 3 atom stereocenters. The number of carbonyl (C=O) groups is 1. The predicted molar refractivity (Wildman–Crippen MR) is 148 cm³/mol. The van der Waals surface area contributed by atoms with Crippen molar-refractivity contribution in [1.29, 1.82) is 5.41 Å². The summed E-state index contributed by atoms with van der Waals surface area (Å²) in [6, 6.07) is 6.29. The number of allylic oxidation sites excluding steroid dienone is 4. The lowest BCUT2D eigenvalue weighted by molar-refractivity contribution is -0.116. The number of nitrogens with zero attached hydrogens (tertiary/aromatic N) is 2. The predicted octanol–water partition coefficient (Wildman–Crippen LogP) is 6.82. The second-order valence-electron chi connectivity index (χ2n) is 9.13. The first-order chi connectivity index (χ1) is 17.4. The summed E-state index contributed by atoms with van der Waals surface area (Å²) in [5, 5.41) is 15.4. The van der Waals surface area contributed by atoms with Gasteiger partial charge >= 0.3 is 5.85 Å². The molecule has 198 valence electrons. The van der Waals surface area contributed by atoms with Gasteiger partial charge in [0, 0.05) is 39.2 Å². The Kier molecular flexibility index (Phi) is 8.45. The Bertz CT molecular complexity index is 1280. The molecule has 1 amide bonds. The summed E-state index contributed by atoms with van der Waals surface area (Å²) in [6.07, 6.45) is 7.94. The van der Waals surface area contributed by atoms with Crippen LogP contribution in [0.3, 0.4) is 0 Å². The van der Waals surface area contributed by atoms with Crippen LogP contribution in [0.4, 0.5) is 8.78 Å². The number of fused-ring (bicyclic) bond motifs is 1. The molecule has 1 aromatic carbocycles. The van der Waals surface area contributed by atoms with E-state index in [0.29, 0.717) is 47.6 Å². The molecule has 1 saturated heterocycles. The number of rotatable bonds is 8. The maximum atomic E-state index is 13.5. The monoisotopic (exact) mass is 548 g/mol. The number of amides is 1. The number of hydrogen-bond acceptors (Lipinski definition) is 4. The molecule has 2 heterocycles. The second-order valence-corrected chi connectivity index (χ2v) is 10.2. The average Bonchev–Trinajstić information content (AvgIpc) is 3.41. The first-order valence-electron chi connectivity index (χ1n) is 12.0. The van der Waals surface area contributed by atoms with Gasteiger partial charge in [-0.25, -0.2) is 4.68 Å². The largest absolute Gasteiger partial charge is 0.430 e. The highest BCUT2D eigenvalue weighted by atomic mass is 35.5. The van der Waals surface area contributed by atoms with Gasteiger partial charge in [0.05, 0.1) is 11.4 Å². The zero-order valence-electron chi connectivity index (χ0n) is 21.4. The van der Waals surface area contributed by atoms with Crippen LogP contribution in [0.5, 0.6) is 5.75 Å². The van der Waals surface area contributed by atoms with Gasteiger partial charge in [-0.05, 0) is 59.5 Å². The van der Waals surface area contributed by atoms with Crippen LogP contribution in [0.15, 0.2) is 54.6 Å². The number of nitrogens with one attached hydrogen (secondary N) is 2. The summed E-state index contributed by atoms with van der Waals surface area (Å²) in [4.78, 5) is 12.5. The van der Waals surface area contributed by atoms with E-state index in [4.69, 9.17) is 26.8 Å². The standard InChI is InChI=1S/C25H26ClF2N4O2P.C2H6/c1-15(6-5-9-29)32-20(16-10-17(26)12-18(11-16)34-25(27,28)35)13-21(31-32)23(2)8-4-7-19-22(33)30-14-24(19,23)3;1-2/h4,7-13,29H,1,5-6,14,35H2,2-3H3,(H,30,33);1-2H3. The van der Waals surface area contributed by atoms with Gasteiger partial charge in [0.25, 0.3) is 0 Å². The highest BCUT2D eigenvalue weighted by Crippen LogP contribution is 2.52. The molecular weight excluding hydrogens is 517 g/mol. The Morgan fingerprint density at radius 3 is 2.70 bits per heavy atom. The molecule has 37 heavy (non-hydrogen) atoms.